The lowest BCUT2D eigenvalue weighted by molar-refractivity contribution is -0.128. The van der Waals surface area contributed by atoms with E-state index in [0.29, 0.717) is 12.2 Å². The third kappa shape index (κ3) is 5.36. The highest BCUT2D eigenvalue weighted by Crippen LogP contribution is 2.19. The number of hydrogen-bond donors (Lipinski definition) is 1. The van der Waals surface area contributed by atoms with Crippen LogP contribution in [-0.4, -0.2) is 32.2 Å². The van der Waals surface area contributed by atoms with Crippen molar-refractivity contribution in [3.63, 3.8) is 0 Å². The average Bonchev–Trinajstić information content (AvgIpc) is 3.17. The summed E-state index contributed by atoms with van der Waals surface area (Å²) in [5, 5.41) is 2.72. The fourth-order valence-corrected chi connectivity index (χ4v) is 4.07. The Hall–Kier alpha value is -3.39. The van der Waals surface area contributed by atoms with Gasteiger partial charge in [-0.25, -0.2) is 8.42 Å². The van der Waals surface area contributed by atoms with Crippen molar-refractivity contribution < 1.29 is 22.4 Å². The number of carbonyl (C=O) groups is 2. The van der Waals surface area contributed by atoms with Gasteiger partial charge in [-0.1, -0.05) is 30.3 Å². The van der Waals surface area contributed by atoms with Gasteiger partial charge in [0.1, 0.15) is 11.5 Å². The molecule has 0 aliphatic rings. The third-order valence-corrected chi connectivity index (χ3v) is 6.12. The van der Waals surface area contributed by atoms with Gasteiger partial charge in [-0.2, -0.15) is 0 Å². The summed E-state index contributed by atoms with van der Waals surface area (Å²) in [6.07, 6.45) is 0. The van der Waals surface area contributed by atoms with Crippen LogP contribution in [0.15, 0.2) is 76.0 Å². The van der Waals surface area contributed by atoms with Gasteiger partial charge in [-0.05, 0) is 42.0 Å². The molecule has 0 aliphatic heterocycles. The zero-order valence-electron chi connectivity index (χ0n) is 16.7. The van der Waals surface area contributed by atoms with Crippen molar-refractivity contribution in [1.29, 1.82) is 0 Å². The summed E-state index contributed by atoms with van der Waals surface area (Å²) in [5.41, 5.74) is 1.41. The quantitative estimate of drug-likeness (QED) is 0.624. The van der Waals surface area contributed by atoms with Crippen molar-refractivity contribution in [2.24, 2.45) is 0 Å². The summed E-state index contributed by atoms with van der Waals surface area (Å²) in [6.45, 7) is 1.90. The van der Waals surface area contributed by atoms with Crippen LogP contribution in [0.3, 0.4) is 0 Å². The predicted molar refractivity (Wildman–Crippen MR) is 113 cm³/mol. The van der Waals surface area contributed by atoms with Gasteiger partial charge in [0.15, 0.2) is 15.6 Å². The number of nitrogens with one attached hydrogen (secondary N) is 1. The lowest BCUT2D eigenvalue weighted by atomic mass is 10.2. The Bertz CT molecular complexity index is 1150. The van der Waals surface area contributed by atoms with Crippen molar-refractivity contribution in [3.05, 3.63) is 83.8 Å². The summed E-state index contributed by atoms with van der Waals surface area (Å²) in [7, 11) is -1.87. The monoisotopic (exact) mass is 426 g/mol. The second-order valence-corrected chi connectivity index (χ2v) is 8.86. The first-order valence-electron chi connectivity index (χ1n) is 9.23. The Morgan fingerprint density at radius 3 is 2.43 bits per heavy atom. The molecule has 0 bridgehead atoms. The Labute approximate surface area is 175 Å². The number of carbonyl (C=O) groups excluding carboxylic acids is 2. The Balaban J connectivity index is 1.68. The molecule has 0 aliphatic carbocycles. The molecule has 1 N–H and O–H groups in total. The van der Waals surface area contributed by atoms with Gasteiger partial charge in [-0.15, -0.1) is 0 Å². The molecule has 1 aromatic heterocycles. The molecule has 0 unspecified atom stereocenters. The molecule has 0 atom stereocenters. The first-order chi connectivity index (χ1) is 14.2. The van der Waals surface area contributed by atoms with E-state index in [1.165, 1.54) is 31.2 Å². The van der Waals surface area contributed by atoms with E-state index in [9.17, 15) is 18.0 Å². The first kappa shape index (κ1) is 21.3. The zero-order chi connectivity index (χ0) is 21.7. The molecule has 1 heterocycles. The topological polar surface area (TPSA) is 96.7 Å². The summed E-state index contributed by atoms with van der Waals surface area (Å²) < 4.78 is 30.4. The number of benzene rings is 2. The molecule has 156 valence electrons. The second-order valence-electron chi connectivity index (χ2n) is 6.87. The van der Waals surface area contributed by atoms with Crippen LogP contribution in [0.5, 0.6) is 0 Å². The minimum atomic E-state index is -3.57. The van der Waals surface area contributed by atoms with Crippen LogP contribution in [-0.2, 0) is 26.9 Å². The van der Waals surface area contributed by atoms with Crippen LogP contribution in [0.2, 0.25) is 0 Å². The molecule has 0 spiro atoms. The zero-order valence-corrected chi connectivity index (χ0v) is 17.5. The molecule has 2 aromatic carbocycles. The summed E-state index contributed by atoms with van der Waals surface area (Å²) in [6, 6.07) is 18.1. The van der Waals surface area contributed by atoms with Crippen LogP contribution in [0.4, 0.5) is 5.69 Å². The molecule has 0 saturated carbocycles. The van der Waals surface area contributed by atoms with E-state index in [1.54, 1.807) is 48.3 Å². The Morgan fingerprint density at radius 1 is 1.00 bits per heavy atom. The van der Waals surface area contributed by atoms with Crippen LogP contribution >= 0.6 is 0 Å². The highest BCUT2D eigenvalue weighted by molar-refractivity contribution is 7.90. The van der Waals surface area contributed by atoms with E-state index in [4.69, 9.17) is 4.42 Å². The van der Waals surface area contributed by atoms with Crippen LogP contribution in [0.1, 0.15) is 28.8 Å². The lowest BCUT2D eigenvalue weighted by Gasteiger charge is -2.15. The lowest BCUT2D eigenvalue weighted by Crippen LogP contribution is -2.23. The number of furan rings is 1. The third-order valence-electron chi connectivity index (χ3n) is 4.46. The van der Waals surface area contributed by atoms with Gasteiger partial charge in [0.2, 0.25) is 5.91 Å². The van der Waals surface area contributed by atoms with E-state index < -0.39 is 15.7 Å². The van der Waals surface area contributed by atoms with Gasteiger partial charge in [-0.3, -0.25) is 9.59 Å². The molecule has 0 fully saturated rings. The van der Waals surface area contributed by atoms with E-state index in [1.807, 2.05) is 6.07 Å². The first-order valence-corrected chi connectivity index (χ1v) is 10.9. The SMILES string of the molecule is CC(=O)N(C)Cc1cccc(NC(=O)c2ccc(CS(=O)(=O)c3ccccc3)o2)c1. The second kappa shape index (κ2) is 8.96. The van der Waals surface area contributed by atoms with Crippen molar-refractivity contribution in [2.45, 2.75) is 24.1 Å². The number of hydrogen-bond acceptors (Lipinski definition) is 5. The van der Waals surface area contributed by atoms with Crippen LogP contribution < -0.4 is 5.32 Å². The minimum absolute atomic E-state index is 0.0134. The maximum atomic E-state index is 12.5. The molecule has 30 heavy (non-hydrogen) atoms. The fraction of sp³-hybridized carbons (Fsp3) is 0.182. The molecule has 7 nitrogen and oxygen atoms in total. The number of anilines is 1. The molecule has 3 rings (SSSR count). The summed E-state index contributed by atoms with van der Waals surface area (Å²) >= 11 is 0. The maximum absolute atomic E-state index is 12.5. The summed E-state index contributed by atoms with van der Waals surface area (Å²) in [5.74, 6) is -0.689. The fourth-order valence-electron chi connectivity index (χ4n) is 2.80. The van der Waals surface area contributed by atoms with Crippen molar-refractivity contribution >= 4 is 27.3 Å². The van der Waals surface area contributed by atoms with E-state index in [-0.39, 0.29) is 28.1 Å². The van der Waals surface area contributed by atoms with Crippen LogP contribution in [0, 0.1) is 0 Å². The number of nitrogens with zero attached hydrogens (tertiary/aromatic N) is 1. The molecule has 0 radical (unpaired) electrons. The van der Waals surface area contributed by atoms with Crippen LogP contribution in [0.25, 0.3) is 0 Å². The number of sulfone groups is 1. The maximum Gasteiger partial charge on any atom is 0.291 e. The predicted octanol–water partition coefficient (Wildman–Crippen LogP) is 3.48. The van der Waals surface area contributed by atoms with Crippen molar-refractivity contribution in [1.82, 2.24) is 4.90 Å². The minimum Gasteiger partial charge on any atom is -0.455 e. The van der Waals surface area contributed by atoms with Gasteiger partial charge in [0.25, 0.3) is 5.91 Å². The average molecular weight is 426 g/mol. The van der Waals surface area contributed by atoms with Crippen molar-refractivity contribution in [3.8, 4) is 0 Å². The summed E-state index contributed by atoms with van der Waals surface area (Å²) in [4.78, 5) is 25.6. The van der Waals surface area contributed by atoms with Gasteiger partial charge in [0.05, 0.1) is 4.90 Å². The van der Waals surface area contributed by atoms with Gasteiger partial charge >= 0.3 is 0 Å². The molecule has 0 saturated heterocycles. The molecule has 2 amide bonds. The number of amides is 2. The normalized spacial score (nSPS) is 11.1. The van der Waals surface area contributed by atoms with E-state index in [0.717, 1.165) is 5.56 Å². The van der Waals surface area contributed by atoms with Gasteiger partial charge < -0.3 is 14.6 Å². The molecular formula is C22H22N2O5S. The van der Waals surface area contributed by atoms with E-state index in [2.05, 4.69) is 5.32 Å². The molecular weight excluding hydrogens is 404 g/mol. The van der Waals surface area contributed by atoms with Crippen molar-refractivity contribution in [2.75, 3.05) is 12.4 Å². The molecule has 3 aromatic rings. The largest absolute Gasteiger partial charge is 0.455 e. The number of rotatable bonds is 7. The molecule has 8 heteroatoms. The Kier molecular flexibility index (Phi) is 6.37. The van der Waals surface area contributed by atoms with Gasteiger partial charge in [0, 0.05) is 26.2 Å². The smallest absolute Gasteiger partial charge is 0.291 e. The standard InChI is InChI=1S/C22H22N2O5S/c1-16(25)24(2)14-17-7-6-8-18(13-17)23-22(26)21-12-11-19(29-21)15-30(27,28)20-9-4-3-5-10-20/h3-13H,14-15H2,1-2H3,(H,23,26). The Morgan fingerprint density at radius 2 is 1.73 bits per heavy atom. The van der Waals surface area contributed by atoms with E-state index >= 15 is 0 Å². The highest BCUT2D eigenvalue weighted by atomic mass is 32.2. The highest BCUT2D eigenvalue weighted by Gasteiger charge is 2.19.